The minimum absolute atomic E-state index is 0.0858. The highest BCUT2D eigenvalue weighted by Gasteiger charge is 2.36. The number of imide groups is 1. The number of aryl methyl sites for hydroxylation is 1. The molecule has 1 aliphatic heterocycles. The standard InChI is InChI=1S/C25H18F5N7O3/c1-35-7-6-20(34-35)16-9-17(19(27)10-18(16)25(28,29)30)23(39)32-21-8-14(12-36-22(38)11-31-24(36)40)33-37(21)15-4-2-13(26)3-5-15/h2-10H,11-12H2,1H3,(H,31,40)(H,32,39). The summed E-state index contributed by atoms with van der Waals surface area (Å²) in [5.74, 6) is -3.71. The van der Waals surface area contributed by atoms with E-state index in [1.807, 2.05) is 0 Å². The third kappa shape index (κ3) is 5.12. The molecule has 0 saturated carbocycles. The van der Waals surface area contributed by atoms with Gasteiger partial charge < -0.3 is 10.6 Å². The van der Waals surface area contributed by atoms with Gasteiger partial charge in [-0.3, -0.25) is 19.2 Å². The van der Waals surface area contributed by atoms with Gasteiger partial charge >= 0.3 is 12.2 Å². The number of carbonyl (C=O) groups is 3. The summed E-state index contributed by atoms with van der Waals surface area (Å²) < 4.78 is 71.9. The van der Waals surface area contributed by atoms with Gasteiger partial charge in [0.1, 0.15) is 17.5 Å². The molecular formula is C25H18F5N7O3. The number of rotatable bonds is 6. The van der Waals surface area contributed by atoms with Gasteiger partial charge in [-0.15, -0.1) is 0 Å². The number of aromatic nitrogens is 4. The zero-order valence-corrected chi connectivity index (χ0v) is 20.5. The maximum absolute atomic E-state index is 14.9. The third-order valence-electron chi connectivity index (χ3n) is 5.98. The number of hydrogen-bond donors (Lipinski definition) is 2. The minimum atomic E-state index is -4.93. The van der Waals surface area contributed by atoms with E-state index in [2.05, 4.69) is 20.8 Å². The number of urea groups is 1. The first-order valence-corrected chi connectivity index (χ1v) is 11.6. The van der Waals surface area contributed by atoms with E-state index < -0.39 is 52.3 Å². The molecule has 206 valence electrons. The molecule has 4 aromatic rings. The Labute approximate surface area is 222 Å². The van der Waals surface area contributed by atoms with Crippen molar-refractivity contribution in [3.8, 4) is 16.9 Å². The van der Waals surface area contributed by atoms with Gasteiger partial charge in [0.2, 0.25) is 5.91 Å². The van der Waals surface area contributed by atoms with Crippen LogP contribution in [0.1, 0.15) is 21.6 Å². The molecule has 3 heterocycles. The third-order valence-corrected chi connectivity index (χ3v) is 5.98. The Bertz CT molecular complexity index is 1630. The normalized spacial score (nSPS) is 13.6. The zero-order chi connectivity index (χ0) is 28.8. The second-order valence-corrected chi connectivity index (χ2v) is 8.75. The topological polar surface area (TPSA) is 114 Å². The Morgan fingerprint density at radius 2 is 1.77 bits per heavy atom. The van der Waals surface area contributed by atoms with E-state index in [9.17, 15) is 36.3 Å². The Morgan fingerprint density at radius 3 is 2.38 bits per heavy atom. The summed E-state index contributed by atoms with van der Waals surface area (Å²) in [5.41, 5.74) is -2.28. The number of nitrogens with zero attached hydrogens (tertiary/aromatic N) is 5. The van der Waals surface area contributed by atoms with Crippen molar-refractivity contribution in [2.24, 2.45) is 7.05 Å². The van der Waals surface area contributed by atoms with Crippen molar-refractivity contribution in [1.29, 1.82) is 0 Å². The first kappa shape index (κ1) is 26.5. The summed E-state index contributed by atoms with van der Waals surface area (Å²) in [5, 5.41) is 13.0. The summed E-state index contributed by atoms with van der Waals surface area (Å²) in [6, 6.07) is 7.80. The molecule has 4 amide bonds. The first-order chi connectivity index (χ1) is 18.9. The quantitative estimate of drug-likeness (QED) is 0.275. The Morgan fingerprint density at radius 1 is 1.05 bits per heavy atom. The molecule has 0 bridgehead atoms. The molecule has 10 nitrogen and oxygen atoms in total. The van der Waals surface area contributed by atoms with E-state index in [1.165, 1.54) is 42.2 Å². The van der Waals surface area contributed by atoms with Crippen LogP contribution in [0.15, 0.2) is 54.7 Å². The van der Waals surface area contributed by atoms with Gasteiger partial charge in [-0.2, -0.15) is 23.4 Å². The van der Waals surface area contributed by atoms with Crippen LogP contribution < -0.4 is 10.6 Å². The van der Waals surface area contributed by atoms with Gasteiger partial charge in [0.15, 0.2) is 0 Å². The van der Waals surface area contributed by atoms with E-state index in [-0.39, 0.29) is 42.0 Å². The lowest BCUT2D eigenvalue weighted by Gasteiger charge is -2.15. The average molecular weight is 559 g/mol. The van der Waals surface area contributed by atoms with E-state index in [0.29, 0.717) is 0 Å². The van der Waals surface area contributed by atoms with Gasteiger partial charge in [-0.1, -0.05) is 0 Å². The molecule has 2 aromatic carbocycles. The summed E-state index contributed by atoms with van der Waals surface area (Å²) in [6.07, 6.45) is -3.54. The lowest BCUT2D eigenvalue weighted by atomic mass is 9.99. The van der Waals surface area contributed by atoms with Gasteiger partial charge in [0, 0.05) is 24.9 Å². The van der Waals surface area contributed by atoms with E-state index >= 15 is 0 Å². The van der Waals surface area contributed by atoms with Crippen LogP contribution in [0.2, 0.25) is 0 Å². The molecule has 15 heteroatoms. The van der Waals surface area contributed by atoms with Crippen molar-refractivity contribution in [3.05, 3.63) is 83.2 Å². The number of alkyl halides is 3. The van der Waals surface area contributed by atoms with Gasteiger partial charge in [0.05, 0.1) is 41.3 Å². The molecule has 0 aliphatic carbocycles. The van der Waals surface area contributed by atoms with Crippen molar-refractivity contribution in [3.63, 3.8) is 0 Å². The Balaban J connectivity index is 1.54. The maximum Gasteiger partial charge on any atom is 0.417 e. The molecule has 1 fully saturated rings. The summed E-state index contributed by atoms with van der Waals surface area (Å²) in [7, 11) is 1.49. The molecule has 0 atom stereocenters. The number of anilines is 1. The molecule has 0 unspecified atom stereocenters. The fraction of sp³-hybridized carbons (Fsp3) is 0.160. The highest BCUT2D eigenvalue weighted by atomic mass is 19.4. The van der Waals surface area contributed by atoms with E-state index in [1.54, 1.807) is 0 Å². The van der Waals surface area contributed by atoms with Crippen LogP contribution in [0.3, 0.4) is 0 Å². The number of halogens is 5. The fourth-order valence-electron chi connectivity index (χ4n) is 4.09. The molecule has 1 saturated heterocycles. The van der Waals surface area contributed by atoms with Crippen LogP contribution in [0.4, 0.5) is 32.6 Å². The van der Waals surface area contributed by atoms with Crippen molar-refractivity contribution >= 4 is 23.7 Å². The lowest BCUT2D eigenvalue weighted by Crippen LogP contribution is -2.30. The van der Waals surface area contributed by atoms with Crippen LogP contribution in [-0.2, 0) is 24.6 Å². The SMILES string of the molecule is Cn1ccc(-c2cc(C(=O)Nc3cc(CN4C(=O)CNC4=O)nn3-c3ccc(F)cc3)c(F)cc2C(F)(F)F)n1. The fourth-order valence-corrected chi connectivity index (χ4v) is 4.09. The number of hydrogen-bond acceptors (Lipinski definition) is 5. The molecule has 5 rings (SSSR count). The van der Waals surface area contributed by atoms with Crippen LogP contribution in [-0.4, -0.2) is 48.9 Å². The van der Waals surface area contributed by atoms with Crippen LogP contribution >= 0.6 is 0 Å². The number of nitrogens with one attached hydrogen (secondary N) is 2. The summed E-state index contributed by atoms with van der Waals surface area (Å²) >= 11 is 0. The number of benzene rings is 2. The smallest absolute Gasteiger partial charge is 0.329 e. The largest absolute Gasteiger partial charge is 0.417 e. The summed E-state index contributed by atoms with van der Waals surface area (Å²) in [6.45, 7) is -0.479. The highest BCUT2D eigenvalue weighted by Crippen LogP contribution is 2.38. The lowest BCUT2D eigenvalue weighted by molar-refractivity contribution is -0.137. The second kappa shape index (κ2) is 9.91. The first-order valence-electron chi connectivity index (χ1n) is 11.6. The molecule has 2 aromatic heterocycles. The maximum atomic E-state index is 14.9. The van der Waals surface area contributed by atoms with Gasteiger partial charge in [-0.05, 0) is 42.5 Å². The van der Waals surface area contributed by atoms with Crippen LogP contribution in [0, 0.1) is 11.6 Å². The molecule has 2 N–H and O–H groups in total. The monoisotopic (exact) mass is 559 g/mol. The predicted octanol–water partition coefficient (Wildman–Crippen LogP) is 3.87. The van der Waals surface area contributed by atoms with Crippen LogP contribution in [0.25, 0.3) is 16.9 Å². The highest BCUT2D eigenvalue weighted by molar-refractivity contribution is 6.05. The summed E-state index contributed by atoms with van der Waals surface area (Å²) in [4.78, 5) is 38.0. The van der Waals surface area contributed by atoms with E-state index in [4.69, 9.17) is 0 Å². The van der Waals surface area contributed by atoms with Crippen molar-refractivity contribution in [2.75, 3.05) is 11.9 Å². The number of amides is 4. The molecule has 0 spiro atoms. The average Bonchev–Trinajstić information content (AvgIpc) is 3.59. The zero-order valence-electron chi connectivity index (χ0n) is 20.5. The Hall–Kier alpha value is -5.08. The molecule has 40 heavy (non-hydrogen) atoms. The van der Waals surface area contributed by atoms with E-state index in [0.717, 1.165) is 27.8 Å². The van der Waals surface area contributed by atoms with Crippen LogP contribution in [0.5, 0.6) is 0 Å². The van der Waals surface area contributed by atoms with Gasteiger partial charge in [0.25, 0.3) is 5.91 Å². The van der Waals surface area contributed by atoms with Gasteiger partial charge in [-0.25, -0.2) is 18.3 Å². The van der Waals surface area contributed by atoms with Crippen molar-refractivity contribution < 1.29 is 36.3 Å². The molecule has 0 radical (unpaired) electrons. The van der Waals surface area contributed by atoms with Crippen molar-refractivity contribution in [1.82, 2.24) is 29.8 Å². The Kier molecular flexibility index (Phi) is 6.57. The molecular weight excluding hydrogens is 541 g/mol. The second-order valence-electron chi connectivity index (χ2n) is 8.75. The predicted molar refractivity (Wildman–Crippen MR) is 129 cm³/mol. The number of carbonyl (C=O) groups excluding carboxylic acids is 3. The molecule has 1 aliphatic rings. The minimum Gasteiger partial charge on any atom is -0.329 e. The van der Waals surface area contributed by atoms with Crippen molar-refractivity contribution in [2.45, 2.75) is 12.7 Å².